The molecule has 1 heterocycles. The van der Waals surface area contributed by atoms with E-state index in [0.29, 0.717) is 17.4 Å². The molecule has 0 N–H and O–H groups in total. The van der Waals surface area contributed by atoms with Gasteiger partial charge in [0, 0.05) is 18.7 Å². The lowest BCUT2D eigenvalue weighted by Gasteiger charge is -2.24. The van der Waals surface area contributed by atoms with Crippen LogP contribution < -0.4 is 4.74 Å². The average Bonchev–Trinajstić information content (AvgIpc) is 2.20. The second kappa shape index (κ2) is 3.88. The lowest BCUT2D eigenvalue weighted by molar-refractivity contribution is 0.0298. The molecule has 0 saturated heterocycles. The van der Waals surface area contributed by atoms with Crippen LogP contribution in [0.5, 0.6) is 5.75 Å². The van der Waals surface area contributed by atoms with Crippen LogP contribution in [-0.4, -0.2) is 13.3 Å². The van der Waals surface area contributed by atoms with Crippen LogP contribution in [-0.2, 0) is 4.84 Å². The molecule has 1 unspecified atom stereocenters. The Morgan fingerprint density at radius 3 is 3.21 bits per heavy atom. The largest absolute Gasteiger partial charge is 0.491 e. The van der Waals surface area contributed by atoms with Gasteiger partial charge in [-0.15, -0.1) is 5.16 Å². The van der Waals surface area contributed by atoms with Gasteiger partial charge in [-0.25, -0.2) is 0 Å². The van der Waals surface area contributed by atoms with Gasteiger partial charge in [0.2, 0.25) is 0 Å². The Hall–Kier alpha value is -1.22. The van der Waals surface area contributed by atoms with Crippen LogP contribution in [0.1, 0.15) is 18.1 Å². The summed E-state index contributed by atoms with van der Waals surface area (Å²) in [4.78, 5) is 5.14. The van der Waals surface area contributed by atoms with Crippen LogP contribution in [0.2, 0.25) is 5.02 Å². The maximum Gasteiger partial charge on any atom is 0.159 e. The summed E-state index contributed by atoms with van der Waals surface area (Å²) in [5.41, 5.74) is 0.941. The van der Waals surface area contributed by atoms with Gasteiger partial charge in [0.1, 0.15) is 5.75 Å². The van der Waals surface area contributed by atoms with Crippen LogP contribution in [0, 0.1) is 0 Å². The second-order valence-electron chi connectivity index (χ2n) is 3.02. The molecule has 0 aromatic heterocycles. The second-order valence-corrected chi connectivity index (χ2v) is 3.43. The smallest absolute Gasteiger partial charge is 0.159 e. The van der Waals surface area contributed by atoms with Crippen molar-refractivity contribution in [3.8, 4) is 5.75 Å². The zero-order valence-corrected chi connectivity index (χ0v) is 8.33. The molecule has 1 aliphatic rings. The van der Waals surface area contributed by atoms with Crippen LogP contribution in [0.15, 0.2) is 23.4 Å². The number of benzene rings is 1. The fraction of sp³-hybridized carbons (Fsp3) is 0.300. The predicted molar refractivity (Wildman–Crippen MR) is 54.9 cm³/mol. The number of rotatable bonds is 2. The third-order valence-corrected chi connectivity index (χ3v) is 2.47. The van der Waals surface area contributed by atoms with Gasteiger partial charge in [0.25, 0.3) is 0 Å². The SMILES string of the molecule is C=NOC1CCOc2c(Cl)cccc21. The maximum atomic E-state index is 5.98. The summed E-state index contributed by atoms with van der Waals surface area (Å²) in [7, 11) is 0. The Kier molecular flexibility index (Phi) is 2.59. The van der Waals surface area contributed by atoms with E-state index in [-0.39, 0.29) is 6.10 Å². The van der Waals surface area contributed by atoms with Crippen LogP contribution in [0.3, 0.4) is 0 Å². The minimum absolute atomic E-state index is 0.0880. The van der Waals surface area contributed by atoms with E-state index in [4.69, 9.17) is 21.2 Å². The molecule has 1 aromatic rings. The van der Waals surface area contributed by atoms with Crippen LogP contribution in [0.4, 0.5) is 0 Å². The number of hydrogen-bond acceptors (Lipinski definition) is 3. The average molecular weight is 212 g/mol. The van der Waals surface area contributed by atoms with Crippen molar-refractivity contribution in [2.75, 3.05) is 6.61 Å². The molecule has 0 fully saturated rings. The minimum atomic E-state index is -0.0880. The molecule has 0 spiro atoms. The Morgan fingerprint density at radius 1 is 1.57 bits per heavy atom. The zero-order valence-electron chi connectivity index (χ0n) is 7.57. The van der Waals surface area contributed by atoms with E-state index in [1.54, 1.807) is 6.07 Å². The van der Waals surface area contributed by atoms with Gasteiger partial charge >= 0.3 is 0 Å². The van der Waals surface area contributed by atoms with E-state index < -0.39 is 0 Å². The highest BCUT2D eigenvalue weighted by Gasteiger charge is 2.24. The highest BCUT2D eigenvalue weighted by Crippen LogP contribution is 2.39. The van der Waals surface area contributed by atoms with E-state index in [2.05, 4.69) is 11.9 Å². The van der Waals surface area contributed by atoms with Crippen molar-refractivity contribution < 1.29 is 9.57 Å². The van der Waals surface area contributed by atoms with Crippen molar-refractivity contribution in [3.63, 3.8) is 0 Å². The molecule has 0 aliphatic carbocycles. The fourth-order valence-corrected chi connectivity index (χ4v) is 1.79. The standard InChI is InChI=1S/C10H10ClNO2/c1-12-14-9-5-6-13-10-7(9)3-2-4-8(10)11/h2-4,9H,1,5-6H2. The van der Waals surface area contributed by atoms with Crippen molar-refractivity contribution in [2.24, 2.45) is 5.16 Å². The molecule has 4 heteroatoms. The highest BCUT2D eigenvalue weighted by molar-refractivity contribution is 6.32. The molecular weight excluding hydrogens is 202 g/mol. The Bertz CT molecular complexity index is 354. The first kappa shape index (κ1) is 9.34. The predicted octanol–water partition coefficient (Wildman–Crippen LogP) is 2.80. The quantitative estimate of drug-likeness (QED) is 0.556. The molecule has 2 rings (SSSR count). The Balaban J connectivity index is 2.39. The Morgan fingerprint density at radius 2 is 2.43 bits per heavy atom. The summed E-state index contributed by atoms with van der Waals surface area (Å²) in [6.07, 6.45) is 0.682. The van der Waals surface area contributed by atoms with Crippen molar-refractivity contribution in [1.29, 1.82) is 0 Å². The van der Waals surface area contributed by atoms with Gasteiger partial charge in [-0.3, -0.25) is 0 Å². The third kappa shape index (κ3) is 1.55. The monoisotopic (exact) mass is 211 g/mol. The number of oxime groups is 1. The summed E-state index contributed by atoms with van der Waals surface area (Å²) < 4.78 is 5.46. The lowest BCUT2D eigenvalue weighted by atomic mass is 10.0. The summed E-state index contributed by atoms with van der Waals surface area (Å²) in [5.74, 6) is 0.703. The number of nitrogens with zero attached hydrogens (tertiary/aromatic N) is 1. The molecule has 1 atom stereocenters. The van der Waals surface area contributed by atoms with Crippen LogP contribution >= 0.6 is 11.6 Å². The molecule has 3 nitrogen and oxygen atoms in total. The van der Waals surface area contributed by atoms with E-state index >= 15 is 0 Å². The van der Waals surface area contributed by atoms with Crippen molar-refractivity contribution in [1.82, 2.24) is 0 Å². The van der Waals surface area contributed by atoms with Crippen LogP contribution in [0.25, 0.3) is 0 Å². The molecule has 0 amide bonds. The number of ether oxygens (including phenoxy) is 1. The Labute approximate surface area is 87.3 Å². The first-order chi connectivity index (χ1) is 6.83. The van der Waals surface area contributed by atoms with E-state index in [1.807, 2.05) is 12.1 Å². The topological polar surface area (TPSA) is 30.8 Å². The summed E-state index contributed by atoms with van der Waals surface area (Å²) in [6.45, 7) is 3.90. The number of hydrogen-bond donors (Lipinski definition) is 0. The molecule has 0 bridgehead atoms. The van der Waals surface area contributed by atoms with Crippen molar-refractivity contribution >= 4 is 18.3 Å². The van der Waals surface area contributed by atoms with E-state index in [0.717, 1.165) is 12.0 Å². The zero-order chi connectivity index (χ0) is 9.97. The van der Waals surface area contributed by atoms with Gasteiger partial charge in [-0.05, 0) is 6.07 Å². The van der Waals surface area contributed by atoms with Gasteiger partial charge in [-0.2, -0.15) is 0 Å². The lowest BCUT2D eigenvalue weighted by Crippen LogP contribution is -2.15. The molecular formula is C10H10ClNO2. The van der Waals surface area contributed by atoms with Gasteiger partial charge in [0.15, 0.2) is 6.10 Å². The van der Waals surface area contributed by atoms with E-state index in [9.17, 15) is 0 Å². The number of para-hydroxylation sites is 1. The molecule has 74 valence electrons. The van der Waals surface area contributed by atoms with Crippen molar-refractivity contribution in [2.45, 2.75) is 12.5 Å². The molecule has 1 aliphatic heterocycles. The molecule has 0 saturated carbocycles. The molecule has 1 aromatic carbocycles. The van der Waals surface area contributed by atoms with Crippen molar-refractivity contribution in [3.05, 3.63) is 28.8 Å². The first-order valence-corrected chi connectivity index (χ1v) is 4.74. The normalized spacial score (nSPS) is 19.4. The molecule has 14 heavy (non-hydrogen) atoms. The number of fused-ring (bicyclic) bond motifs is 1. The van der Waals surface area contributed by atoms with Gasteiger partial charge in [-0.1, -0.05) is 23.7 Å². The summed E-state index contributed by atoms with van der Waals surface area (Å²) >= 11 is 5.98. The maximum absolute atomic E-state index is 5.98. The summed E-state index contributed by atoms with van der Waals surface area (Å²) in [6, 6.07) is 5.59. The molecule has 0 radical (unpaired) electrons. The minimum Gasteiger partial charge on any atom is -0.491 e. The van der Waals surface area contributed by atoms with Gasteiger partial charge < -0.3 is 9.57 Å². The van der Waals surface area contributed by atoms with E-state index in [1.165, 1.54) is 0 Å². The first-order valence-electron chi connectivity index (χ1n) is 4.36. The van der Waals surface area contributed by atoms with Gasteiger partial charge in [0.05, 0.1) is 11.6 Å². The number of halogens is 1. The summed E-state index contributed by atoms with van der Waals surface area (Å²) in [5, 5.41) is 4.05. The fourth-order valence-electron chi connectivity index (χ4n) is 1.55. The third-order valence-electron chi connectivity index (χ3n) is 2.17. The highest BCUT2D eigenvalue weighted by atomic mass is 35.5.